The van der Waals surface area contributed by atoms with Crippen LogP contribution in [0.4, 0.5) is 0 Å². The van der Waals surface area contributed by atoms with Gasteiger partial charge in [-0.15, -0.1) is 11.3 Å². The number of hydrogen-bond acceptors (Lipinski definition) is 2. The van der Waals surface area contributed by atoms with Crippen LogP contribution in [-0.2, 0) is 6.42 Å². The van der Waals surface area contributed by atoms with Gasteiger partial charge in [-0.25, -0.2) is 0 Å². The van der Waals surface area contributed by atoms with Gasteiger partial charge in [0.1, 0.15) is 0 Å². The molecule has 0 aliphatic rings. The number of nitrogens with one attached hydrogen (secondary N) is 1. The minimum Gasteiger partial charge on any atom is -0.314 e. The molecule has 1 nitrogen and oxygen atoms in total. The Kier molecular flexibility index (Phi) is 6.07. The van der Waals surface area contributed by atoms with Gasteiger partial charge >= 0.3 is 0 Å². The summed E-state index contributed by atoms with van der Waals surface area (Å²) in [4.78, 5) is 1.43. The lowest BCUT2D eigenvalue weighted by Crippen LogP contribution is -2.34. The molecular weight excluding hydrogens is 214 g/mol. The fourth-order valence-corrected chi connectivity index (χ4v) is 2.69. The maximum Gasteiger partial charge on any atom is 0.00932 e. The number of hydrogen-bond donors (Lipinski definition) is 1. The molecule has 0 radical (unpaired) electrons. The van der Waals surface area contributed by atoms with Gasteiger partial charge in [0.2, 0.25) is 0 Å². The minimum atomic E-state index is 0.667. The molecule has 2 heteroatoms. The van der Waals surface area contributed by atoms with Crippen molar-refractivity contribution in [3.8, 4) is 0 Å². The smallest absolute Gasteiger partial charge is 0.00932 e. The van der Waals surface area contributed by atoms with E-state index >= 15 is 0 Å². The van der Waals surface area contributed by atoms with E-state index in [0.29, 0.717) is 6.04 Å². The fraction of sp³-hybridized carbons (Fsp3) is 0.714. The van der Waals surface area contributed by atoms with Gasteiger partial charge in [0.25, 0.3) is 0 Å². The third-order valence-electron chi connectivity index (χ3n) is 2.99. The van der Waals surface area contributed by atoms with E-state index in [1.165, 1.54) is 29.7 Å². The minimum absolute atomic E-state index is 0.667. The molecule has 0 spiro atoms. The Hall–Kier alpha value is -0.340. The van der Waals surface area contributed by atoms with E-state index in [9.17, 15) is 0 Å². The van der Waals surface area contributed by atoms with Gasteiger partial charge in [0.15, 0.2) is 0 Å². The van der Waals surface area contributed by atoms with Crippen LogP contribution in [0.15, 0.2) is 11.4 Å². The van der Waals surface area contributed by atoms with Gasteiger partial charge < -0.3 is 5.32 Å². The van der Waals surface area contributed by atoms with Crippen molar-refractivity contribution >= 4 is 11.3 Å². The zero-order valence-electron chi connectivity index (χ0n) is 11.0. The first-order valence-corrected chi connectivity index (χ1v) is 7.28. The van der Waals surface area contributed by atoms with Gasteiger partial charge in [0, 0.05) is 10.9 Å². The summed E-state index contributed by atoms with van der Waals surface area (Å²) in [5.74, 6) is 0.728. The van der Waals surface area contributed by atoms with Crippen LogP contribution in [-0.4, -0.2) is 12.6 Å². The number of thiophene rings is 1. The highest BCUT2D eigenvalue weighted by atomic mass is 32.1. The molecular formula is C14H25NS. The Morgan fingerprint density at radius 1 is 1.38 bits per heavy atom. The average molecular weight is 239 g/mol. The summed E-state index contributed by atoms with van der Waals surface area (Å²) in [5, 5.41) is 5.95. The molecule has 1 heterocycles. The van der Waals surface area contributed by atoms with Crippen LogP contribution in [0, 0.1) is 12.8 Å². The molecule has 0 bridgehead atoms. The SMILES string of the molecule is CCCNC(CCc1csc(C)c1)C(C)C. The average Bonchev–Trinajstić information content (AvgIpc) is 2.64. The maximum atomic E-state index is 3.65. The summed E-state index contributed by atoms with van der Waals surface area (Å²) in [6.45, 7) is 10.2. The van der Waals surface area contributed by atoms with E-state index in [0.717, 1.165) is 12.5 Å². The van der Waals surface area contributed by atoms with E-state index in [1.807, 2.05) is 11.3 Å². The lowest BCUT2D eigenvalue weighted by molar-refractivity contribution is 0.378. The first-order valence-electron chi connectivity index (χ1n) is 6.41. The quantitative estimate of drug-likeness (QED) is 0.758. The predicted octanol–water partition coefficient (Wildman–Crippen LogP) is 4.01. The van der Waals surface area contributed by atoms with Crippen LogP contribution in [0.1, 0.15) is 44.1 Å². The molecule has 1 aromatic heterocycles. The summed E-state index contributed by atoms with van der Waals surface area (Å²) in [7, 11) is 0. The van der Waals surface area contributed by atoms with E-state index < -0.39 is 0 Å². The van der Waals surface area contributed by atoms with E-state index in [4.69, 9.17) is 0 Å². The Morgan fingerprint density at radius 3 is 2.62 bits per heavy atom. The van der Waals surface area contributed by atoms with E-state index in [2.05, 4.69) is 44.5 Å². The highest BCUT2D eigenvalue weighted by Crippen LogP contribution is 2.17. The summed E-state index contributed by atoms with van der Waals surface area (Å²) >= 11 is 1.86. The second-order valence-electron chi connectivity index (χ2n) is 4.91. The molecule has 1 aromatic rings. The Balaban J connectivity index is 2.37. The predicted molar refractivity (Wildman–Crippen MR) is 74.3 cm³/mol. The molecule has 0 aromatic carbocycles. The van der Waals surface area contributed by atoms with Crippen molar-refractivity contribution in [3.63, 3.8) is 0 Å². The van der Waals surface area contributed by atoms with Gasteiger partial charge in [0.05, 0.1) is 0 Å². The van der Waals surface area contributed by atoms with Crippen LogP contribution < -0.4 is 5.32 Å². The second-order valence-corrected chi connectivity index (χ2v) is 6.02. The van der Waals surface area contributed by atoms with Crippen LogP contribution in [0.3, 0.4) is 0 Å². The molecule has 92 valence electrons. The molecule has 0 fully saturated rings. The zero-order valence-corrected chi connectivity index (χ0v) is 11.9. The van der Waals surface area contributed by atoms with Crippen LogP contribution in [0.25, 0.3) is 0 Å². The Labute approximate surface area is 104 Å². The van der Waals surface area contributed by atoms with Crippen molar-refractivity contribution in [3.05, 3.63) is 21.9 Å². The summed E-state index contributed by atoms with van der Waals surface area (Å²) in [6.07, 6.45) is 3.69. The Morgan fingerprint density at radius 2 is 2.12 bits per heavy atom. The lowest BCUT2D eigenvalue weighted by atomic mass is 9.97. The van der Waals surface area contributed by atoms with Crippen LogP contribution in [0.2, 0.25) is 0 Å². The molecule has 0 saturated carbocycles. The molecule has 0 aliphatic carbocycles. The van der Waals surface area contributed by atoms with Crippen molar-refractivity contribution in [2.24, 2.45) is 5.92 Å². The number of aryl methyl sites for hydroxylation is 2. The van der Waals surface area contributed by atoms with E-state index in [1.54, 1.807) is 0 Å². The zero-order chi connectivity index (χ0) is 12.0. The third-order valence-corrected chi connectivity index (χ3v) is 3.90. The lowest BCUT2D eigenvalue weighted by Gasteiger charge is -2.22. The molecule has 1 unspecified atom stereocenters. The Bertz CT molecular complexity index is 291. The van der Waals surface area contributed by atoms with Crippen LogP contribution in [0.5, 0.6) is 0 Å². The molecule has 0 saturated heterocycles. The molecule has 1 N–H and O–H groups in total. The van der Waals surface area contributed by atoms with Crippen molar-refractivity contribution in [2.45, 2.75) is 53.0 Å². The van der Waals surface area contributed by atoms with Crippen molar-refractivity contribution < 1.29 is 0 Å². The van der Waals surface area contributed by atoms with Crippen LogP contribution >= 0.6 is 11.3 Å². The van der Waals surface area contributed by atoms with Gasteiger partial charge in [-0.1, -0.05) is 20.8 Å². The third kappa shape index (κ3) is 4.67. The highest BCUT2D eigenvalue weighted by Gasteiger charge is 2.12. The summed E-state index contributed by atoms with van der Waals surface area (Å²) < 4.78 is 0. The molecule has 0 amide bonds. The summed E-state index contributed by atoms with van der Waals surface area (Å²) in [6, 6.07) is 2.99. The fourth-order valence-electron chi connectivity index (χ4n) is 1.95. The normalized spacial score (nSPS) is 13.3. The maximum absolute atomic E-state index is 3.65. The first kappa shape index (κ1) is 13.7. The molecule has 1 rings (SSSR count). The largest absolute Gasteiger partial charge is 0.314 e. The van der Waals surface area contributed by atoms with Gasteiger partial charge in [-0.05, 0) is 55.7 Å². The van der Waals surface area contributed by atoms with Gasteiger partial charge in [-0.3, -0.25) is 0 Å². The monoisotopic (exact) mass is 239 g/mol. The van der Waals surface area contributed by atoms with Crippen molar-refractivity contribution in [1.82, 2.24) is 5.32 Å². The molecule has 0 aliphatic heterocycles. The van der Waals surface area contributed by atoms with E-state index in [-0.39, 0.29) is 0 Å². The topological polar surface area (TPSA) is 12.0 Å². The highest BCUT2D eigenvalue weighted by molar-refractivity contribution is 7.10. The van der Waals surface area contributed by atoms with Gasteiger partial charge in [-0.2, -0.15) is 0 Å². The molecule has 1 atom stereocenters. The molecule has 16 heavy (non-hydrogen) atoms. The second kappa shape index (κ2) is 7.08. The number of rotatable bonds is 7. The van der Waals surface area contributed by atoms with Crippen molar-refractivity contribution in [1.29, 1.82) is 0 Å². The summed E-state index contributed by atoms with van der Waals surface area (Å²) in [5.41, 5.74) is 1.51. The first-order chi connectivity index (χ1) is 7.63. The van der Waals surface area contributed by atoms with Crippen molar-refractivity contribution in [2.75, 3.05) is 6.54 Å². The standard InChI is InChI=1S/C14H25NS/c1-5-8-15-14(11(2)3)7-6-13-9-12(4)16-10-13/h9-11,14-15H,5-8H2,1-4H3.